The number of amides is 2. The first-order valence-electron chi connectivity index (χ1n) is 13.2. The molecule has 0 aliphatic rings. The first-order chi connectivity index (χ1) is 19.0. The number of rotatable bonds is 12. The Balaban J connectivity index is 2.07. The molecule has 0 radical (unpaired) electrons. The molecule has 0 aromatic heterocycles. The van der Waals surface area contributed by atoms with Gasteiger partial charge in [-0.25, -0.2) is 8.42 Å². The van der Waals surface area contributed by atoms with Gasteiger partial charge in [-0.3, -0.25) is 13.9 Å². The Kier molecular flexibility index (Phi) is 11.0. The highest BCUT2D eigenvalue weighted by Crippen LogP contribution is 2.29. The highest BCUT2D eigenvalue weighted by molar-refractivity contribution is 7.92. The number of aryl methyl sites for hydroxylation is 2. The number of anilines is 1. The lowest BCUT2D eigenvalue weighted by Gasteiger charge is -2.32. The Morgan fingerprint density at radius 3 is 2.25 bits per heavy atom. The highest BCUT2D eigenvalue weighted by Gasteiger charge is 2.33. The largest absolute Gasteiger partial charge is 0.354 e. The molecule has 3 aromatic carbocycles. The number of nitrogens with one attached hydrogen (secondary N) is 1. The second-order valence-corrected chi connectivity index (χ2v) is 12.2. The molecule has 0 fully saturated rings. The van der Waals surface area contributed by atoms with E-state index in [-0.39, 0.29) is 17.3 Å². The van der Waals surface area contributed by atoms with Crippen LogP contribution in [0.1, 0.15) is 43.9 Å². The highest BCUT2D eigenvalue weighted by atomic mass is 35.5. The fraction of sp³-hybridized carbons (Fsp3) is 0.333. The molecule has 7 nitrogen and oxygen atoms in total. The number of halogens is 2. The van der Waals surface area contributed by atoms with Crippen LogP contribution in [0.5, 0.6) is 0 Å². The van der Waals surface area contributed by atoms with E-state index in [4.69, 9.17) is 23.2 Å². The van der Waals surface area contributed by atoms with Crippen molar-refractivity contribution < 1.29 is 18.0 Å². The summed E-state index contributed by atoms with van der Waals surface area (Å²) >= 11 is 12.3. The quantitative estimate of drug-likeness (QED) is 0.275. The monoisotopic (exact) mass is 603 g/mol. The van der Waals surface area contributed by atoms with Gasteiger partial charge in [0, 0.05) is 13.1 Å². The van der Waals surface area contributed by atoms with Gasteiger partial charge in [-0.1, -0.05) is 79.0 Å². The number of carbonyl (C=O) groups excluding carboxylic acids is 2. The molecule has 0 bridgehead atoms. The molecule has 0 heterocycles. The van der Waals surface area contributed by atoms with Crippen molar-refractivity contribution in [2.75, 3.05) is 17.4 Å². The van der Waals surface area contributed by atoms with Gasteiger partial charge in [0.15, 0.2) is 0 Å². The van der Waals surface area contributed by atoms with E-state index in [1.54, 1.807) is 49.4 Å². The number of sulfonamides is 1. The van der Waals surface area contributed by atoms with E-state index < -0.39 is 28.5 Å². The van der Waals surface area contributed by atoms with Gasteiger partial charge in [0.2, 0.25) is 11.8 Å². The fourth-order valence-electron chi connectivity index (χ4n) is 4.22. The second kappa shape index (κ2) is 14.0. The van der Waals surface area contributed by atoms with E-state index in [1.165, 1.54) is 17.0 Å². The Labute approximate surface area is 247 Å². The van der Waals surface area contributed by atoms with Crippen LogP contribution in [-0.2, 0) is 32.6 Å². The molecule has 10 heteroatoms. The van der Waals surface area contributed by atoms with Crippen LogP contribution in [0.25, 0.3) is 0 Å². The number of nitrogens with zero attached hydrogens (tertiary/aromatic N) is 2. The molecule has 0 aliphatic carbocycles. The summed E-state index contributed by atoms with van der Waals surface area (Å²) in [5, 5.41) is 3.51. The third-order valence-electron chi connectivity index (χ3n) is 6.58. The van der Waals surface area contributed by atoms with Crippen LogP contribution in [0, 0.1) is 6.92 Å². The van der Waals surface area contributed by atoms with Gasteiger partial charge in [0.1, 0.15) is 12.6 Å². The number of benzene rings is 3. The zero-order valence-electron chi connectivity index (χ0n) is 23.2. The lowest BCUT2D eigenvalue weighted by Crippen LogP contribution is -2.51. The summed E-state index contributed by atoms with van der Waals surface area (Å²) in [7, 11) is -4.13. The first kappa shape index (κ1) is 31.5. The molecule has 1 atom stereocenters. The van der Waals surface area contributed by atoms with E-state index >= 15 is 0 Å². The van der Waals surface area contributed by atoms with Gasteiger partial charge in [-0.05, 0) is 68.1 Å². The summed E-state index contributed by atoms with van der Waals surface area (Å²) in [6.07, 6.45) is 1.29. The average Bonchev–Trinajstić information content (AvgIpc) is 2.94. The van der Waals surface area contributed by atoms with Gasteiger partial charge in [-0.15, -0.1) is 0 Å². The third-order valence-corrected chi connectivity index (χ3v) is 9.10. The zero-order chi connectivity index (χ0) is 29.4. The van der Waals surface area contributed by atoms with E-state index in [0.29, 0.717) is 34.3 Å². The molecule has 214 valence electrons. The van der Waals surface area contributed by atoms with E-state index in [2.05, 4.69) is 5.32 Å². The van der Waals surface area contributed by atoms with Crippen molar-refractivity contribution in [1.82, 2.24) is 10.2 Å². The summed E-state index contributed by atoms with van der Waals surface area (Å²) in [6.45, 7) is 7.34. The summed E-state index contributed by atoms with van der Waals surface area (Å²) in [5.41, 5.74) is 2.75. The van der Waals surface area contributed by atoms with Gasteiger partial charge in [0.05, 0.1) is 20.6 Å². The molecule has 0 spiro atoms. The second-order valence-electron chi connectivity index (χ2n) is 9.54. The third kappa shape index (κ3) is 7.56. The zero-order valence-corrected chi connectivity index (χ0v) is 25.5. The summed E-state index contributed by atoms with van der Waals surface area (Å²) < 4.78 is 29.1. The van der Waals surface area contributed by atoms with Gasteiger partial charge in [0.25, 0.3) is 10.0 Å². The molecule has 0 unspecified atom stereocenters. The van der Waals surface area contributed by atoms with Gasteiger partial charge < -0.3 is 10.2 Å². The molecule has 0 aliphatic heterocycles. The predicted octanol–water partition coefficient (Wildman–Crippen LogP) is 6.00. The minimum atomic E-state index is -4.13. The minimum absolute atomic E-state index is 0.0320. The molecular formula is C30H35Cl2N3O4S. The number of hydrogen-bond donors (Lipinski definition) is 1. The van der Waals surface area contributed by atoms with E-state index in [9.17, 15) is 18.0 Å². The minimum Gasteiger partial charge on any atom is -0.354 e. The normalized spacial score (nSPS) is 12.1. The maximum atomic E-state index is 14.0. The van der Waals surface area contributed by atoms with Gasteiger partial charge in [-0.2, -0.15) is 0 Å². The Hall–Kier alpha value is -3.07. The van der Waals surface area contributed by atoms with Crippen LogP contribution < -0.4 is 9.62 Å². The van der Waals surface area contributed by atoms with Crippen LogP contribution in [0.15, 0.2) is 71.6 Å². The van der Waals surface area contributed by atoms with Gasteiger partial charge >= 0.3 is 0 Å². The van der Waals surface area contributed by atoms with Crippen molar-refractivity contribution >= 4 is 50.7 Å². The lowest BCUT2D eigenvalue weighted by molar-refractivity contribution is -0.139. The van der Waals surface area contributed by atoms with Crippen LogP contribution in [0.2, 0.25) is 10.0 Å². The number of para-hydroxylation sites is 1. The maximum absolute atomic E-state index is 14.0. The van der Waals surface area contributed by atoms with Crippen LogP contribution in [-0.4, -0.2) is 44.3 Å². The molecule has 2 amide bonds. The number of hydrogen-bond acceptors (Lipinski definition) is 4. The first-order valence-corrected chi connectivity index (χ1v) is 15.4. The Bertz CT molecular complexity index is 1450. The summed E-state index contributed by atoms with van der Waals surface area (Å²) in [4.78, 5) is 28.4. The van der Waals surface area contributed by atoms with Crippen molar-refractivity contribution in [3.05, 3.63) is 93.5 Å². The molecule has 1 N–H and O–H groups in total. The van der Waals surface area contributed by atoms with Crippen molar-refractivity contribution in [2.45, 2.75) is 58.0 Å². The predicted molar refractivity (Wildman–Crippen MR) is 161 cm³/mol. The summed E-state index contributed by atoms with van der Waals surface area (Å²) in [5.74, 6) is -0.871. The molecule has 40 heavy (non-hydrogen) atoms. The van der Waals surface area contributed by atoms with E-state index in [0.717, 1.165) is 21.9 Å². The molecule has 3 rings (SSSR count). The maximum Gasteiger partial charge on any atom is 0.264 e. The Morgan fingerprint density at radius 1 is 0.950 bits per heavy atom. The fourth-order valence-corrected chi connectivity index (χ4v) is 5.99. The van der Waals surface area contributed by atoms with Crippen molar-refractivity contribution in [3.63, 3.8) is 0 Å². The molecular weight excluding hydrogens is 569 g/mol. The standard InChI is InChI=1S/C30H35Cl2N3O4S/c1-5-17-33-30(37)22(4)34(19-23-13-16-26(31)27(32)18-23)29(36)20-35(28-10-8-7-9-24(28)6-2)40(38,39)25-14-11-21(3)12-15-25/h7-16,18,22H,5-6,17,19-20H2,1-4H3,(H,33,37)/t22-/m0/s1. The van der Waals surface area contributed by atoms with E-state index in [1.807, 2.05) is 32.9 Å². The van der Waals surface area contributed by atoms with Crippen molar-refractivity contribution in [3.8, 4) is 0 Å². The van der Waals surface area contributed by atoms with Crippen LogP contribution in [0.4, 0.5) is 5.69 Å². The van der Waals surface area contributed by atoms with Crippen LogP contribution >= 0.6 is 23.2 Å². The topological polar surface area (TPSA) is 86.8 Å². The van der Waals surface area contributed by atoms with Crippen molar-refractivity contribution in [1.29, 1.82) is 0 Å². The lowest BCUT2D eigenvalue weighted by atomic mass is 10.1. The van der Waals surface area contributed by atoms with Crippen LogP contribution in [0.3, 0.4) is 0 Å². The average molecular weight is 605 g/mol. The SMILES string of the molecule is CCCNC(=O)[C@H](C)N(Cc1ccc(Cl)c(Cl)c1)C(=O)CN(c1ccccc1CC)S(=O)(=O)c1ccc(C)cc1. The smallest absolute Gasteiger partial charge is 0.264 e. The molecule has 3 aromatic rings. The summed E-state index contributed by atoms with van der Waals surface area (Å²) in [6, 6.07) is 17.7. The molecule has 0 saturated heterocycles. The van der Waals surface area contributed by atoms with Crippen molar-refractivity contribution in [2.24, 2.45) is 0 Å². The Morgan fingerprint density at radius 2 is 1.62 bits per heavy atom. The number of carbonyl (C=O) groups is 2. The molecule has 0 saturated carbocycles.